The Morgan fingerprint density at radius 2 is 1.90 bits per heavy atom. The summed E-state index contributed by atoms with van der Waals surface area (Å²) in [4.78, 5) is 11.9. The van der Waals surface area contributed by atoms with E-state index >= 15 is 0 Å². The molecule has 1 aromatic carbocycles. The first-order valence-electron chi connectivity index (χ1n) is 7.31. The van der Waals surface area contributed by atoms with E-state index in [-0.39, 0.29) is 11.4 Å². The molecule has 2 amide bonds. The second-order valence-electron chi connectivity index (χ2n) is 6.12. The molecule has 4 heteroatoms. The molecule has 1 aromatic rings. The van der Waals surface area contributed by atoms with E-state index in [9.17, 15) is 9.90 Å². The SMILES string of the molecule is CC(O)c1ccc(NC(=O)NCC2(C)CCCC2)cc1. The van der Waals surface area contributed by atoms with Crippen molar-refractivity contribution in [3.8, 4) is 0 Å². The van der Waals surface area contributed by atoms with Gasteiger partial charge < -0.3 is 15.7 Å². The van der Waals surface area contributed by atoms with Gasteiger partial charge in [-0.15, -0.1) is 0 Å². The van der Waals surface area contributed by atoms with E-state index < -0.39 is 6.10 Å². The molecule has 3 N–H and O–H groups in total. The molecule has 0 aliphatic heterocycles. The van der Waals surface area contributed by atoms with Crippen molar-refractivity contribution < 1.29 is 9.90 Å². The highest BCUT2D eigenvalue weighted by atomic mass is 16.3. The third-order valence-electron chi connectivity index (χ3n) is 4.14. The quantitative estimate of drug-likeness (QED) is 0.789. The predicted octanol–water partition coefficient (Wildman–Crippen LogP) is 3.44. The maximum Gasteiger partial charge on any atom is 0.319 e. The number of aliphatic hydroxyl groups excluding tert-OH is 1. The molecule has 0 radical (unpaired) electrons. The third-order valence-corrected chi connectivity index (χ3v) is 4.14. The summed E-state index contributed by atoms with van der Waals surface area (Å²) in [5.41, 5.74) is 1.84. The van der Waals surface area contributed by atoms with Crippen LogP contribution >= 0.6 is 0 Å². The summed E-state index contributed by atoms with van der Waals surface area (Å²) < 4.78 is 0. The van der Waals surface area contributed by atoms with Crippen molar-refractivity contribution in [2.75, 3.05) is 11.9 Å². The lowest BCUT2D eigenvalue weighted by molar-refractivity contribution is 0.199. The Hall–Kier alpha value is -1.55. The first-order chi connectivity index (χ1) is 9.48. The normalized spacial score (nSPS) is 18.6. The van der Waals surface area contributed by atoms with E-state index in [1.807, 2.05) is 12.1 Å². The van der Waals surface area contributed by atoms with Crippen LogP contribution in [0, 0.1) is 5.41 Å². The third kappa shape index (κ3) is 3.97. The topological polar surface area (TPSA) is 61.4 Å². The number of hydrogen-bond donors (Lipinski definition) is 3. The van der Waals surface area contributed by atoms with Crippen molar-refractivity contribution in [1.29, 1.82) is 0 Å². The molecule has 110 valence electrons. The molecule has 0 spiro atoms. The zero-order chi connectivity index (χ0) is 14.6. The highest BCUT2D eigenvalue weighted by Crippen LogP contribution is 2.36. The molecule has 1 atom stereocenters. The molecule has 0 saturated heterocycles. The summed E-state index contributed by atoms with van der Waals surface area (Å²) in [6.07, 6.45) is 4.42. The number of aliphatic hydroxyl groups is 1. The number of nitrogens with one attached hydrogen (secondary N) is 2. The molecule has 20 heavy (non-hydrogen) atoms. The Balaban J connectivity index is 1.82. The number of carbonyl (C=O) groups is 1. The minimum atomic E-state index is -0.486. The van der Waals surface area contributed by atoms with Crippen molar-refractivity contribution >= 4 is 11.7 Å². The van der Waals surface area contributed by atoms with Crippen molar-refractivity contribution in [2.24, 2.45) is 5.41 Å². The number of carbonyl (C=O) groups excluding carboxylic acids is 1. The van der Waals surface area contributed by atoms with Crippen molar-refractivity contribution in [1.82, 2.24) is 5.32 Å². The second kappa shape index (κ2) is 6.27. The van der Waals surface area contributed by atoms with Gasteiger partial charge in [-0.3, -0.25) is 0 Å². The number of amides is 2. The molecule has 1 aliphatic rings. The van der Waals surface area contributed by atoms with E-state index in [0.29, 0.717) is 0 Å². The van der Waals surface area contributed by atoms with Gasteiger partial charge in [0.05, 0.1) is 6.10 Å². The Morgan fingerprint density at radius 3 is 2.45 bits per heavy atom. The average molecular weight is 276 g/mol. The van der Waals surface area contributed by atoms with Crippen LogP contribution < -0.4 is 10.6 Å². The summed E-state index contributed by atoms with van der Waals surface area (Å²) >= 11 is 0. The van der Waals surface area contributed by atoms with Crippen LogP contribution in [-0.4, -0.2) is 17.7 Å². The highest BCUT2D eigenvalue weighted by molar-refractivity contribution is 5.89. The zero-order valence-electron chi connectivity index (χ0n) is 12.3. The Labute approximate surface area is 120 Å². The van der Waals surface area contributed by atoms with Gasteiger partial charge in [0.15, 0.2) is 0 Å². The minimum Gasteiger partial charge on any atom is -0.389 e. The number of hydrogen-bond acceptors (Lipinski definition) is 2. The zero-order valence-corrected chi connectivity index (χ0v) is 12.3. The van der Waals surface area contributed by atoms with Crippen LogP contribution in [0.5, 0.6) is 0 Å². The summed E-state index contributed by atoms with van der Waals surface area (Å²) in [5, 5.41) is 15.2. The maximum absolute atomic E-state index is 11.9. The van der Waals surface area contributed by atoms with Gasteiger partial charge in [-0.1, -0.05) is 31.9 Å². The van der Waals surface area contributed by atoms with Crippen molar-refractivity contribution in [3.63, 3.8) is 0 Å². The molecule has 1 unspecified atom stereocenters. The van der Waals surface area contributed by atoms with Crippen LogP contribution in [0.2, 0.25) is 0 Å². The molecule has 1 aliphatic carbocycles. The van der Waals surface area contributed by atoms with Crippen LogP contribution in [0.1, 0.15) is 51.2 Å². The molecule has 0 bridgehead atoms. The lowest BCUT2D eigenvalue weighted by atomic mass is 9.89. The van der Waals surface area contributed by atoms with Gasteiger partial charge >= 0.3 is 6.03 Å². The van der Waals surface area contributed by atoms with E-state index in [2.05, 4.69) is 17.6 Å². The van der Waals surface area contributed by atoms with E-state index in [0.717, 1.165) is 17.8 Å². The summed E-state index contributed by atoms with van der Waals surface area (Å²) in [7, 11) is 0. The maximum atomic E-state index is 11.9. The van der Waals surface area contributed by atoms with Crippen LogP contribution in [0.25, 0.3) is 0 Å². The van der Waals surface area contributed by atoms with E-state index in [1.54, 1.807) is 19.1 Å². The Bertz CT molecular complexity index is 448. The number of urea groups is 1. The molecule has 4 nitrogen and oxygen atoms in total. The van der Waals surface area contributed by atoms with Gasteiger partial charge in [0, 0.05) is 12.2 Å². The summed E-state index contributed by atoms with van der Waals surface area (Å²) in [6, 6.07) is 7.08. The number of rotatable bonds is 4. The van der Waals surface area contributed by atoms with Crippen molar-refractivity contribution in [3.05, 3.63) is 29.8 Å². The fraction of sp³-hybridized carbons (Fsp3) is 0.562. The molecule has 1 fully saturated rings. The number of anilines is 1. The largest absolute Gasteiger partial charge is 0.389 e. The van der Waals surface area contributed by atoms with E-state index in [1.165, 1.54) is 25.7 Å². The predicted molar refractivity (Wildman–Crippen MR) is 80.7 cm³/mol. The van der Waals surface area contributed by atoms with Crippen LogP contribution in [-0.2, 0) is 0 Å². The molecule has 0 heterocycles. The van der Waals surface area contributed by atoms with Gasteiger partial charge in [0.2, 0.25) is 0 Å². The van der Waals surface area contributed by atoms with Crippen LogP contribution in [0.3, 0.4) is 0 Å². The Morgan fingerprint density at radius 1 is 1.30 bits per heavy atom. The van der Waals surface area contributed by atoms with Crippen LogP contribution in [0.4, 0.5) is 10.5 Å². The minimum absolute atomic E-state index is 0.164. The van der Waals surface area contributed by atoms with Crippen molar-refractivity contribution in [2.45, 2.75) is 45.6 Å². The van der Waals surface area contributed by atoms with Gasteiger partial charge in [-0.2, -0.15) is 0 Å². The van der Waals surface area contributed by atoms with Gasteiger partial charge in [-0.25, -0.2) is 4.79 Å². The van der Waals surface area contributed by atoms with E-state index in [4.69, 9.17) is 0 Å². The first-order valence-corrected chi connectivity index (χ1v) is 7.31. The molecule has 0 aromatic heterocycles. The fourth-order valence-electron chi connectivity index (χ4n) is 2.72. The summed E-state index contributed by atoms with van der Waals surface area (Å²) in [6.45, 7) is 4.68. The van der Waals surface area contributed by atoms with Gasteiger partial charge in [-0.05, 0) is 42.9 Å². The van der Waals surface area contributed by atoms with Gasteiger partial charge in [0.25, 0.3) is 0 Å². The van der Waals surface area contributed by atoms with Crippen LogP contribution in [0.15, 0.2) is 24.3 Å². The lowest BCUT2D eigenvalue weighted by Gasteiger charge is -2.23. The lowest BCUT2D eigenvalue weighted by Crippen LogP contribution is -2.36. The molecular weight excluding hydrogens is 252 g/mol. The monoisotopic (exact) mass is 276 g/mol. The Kier molecular flexibility index (Phi) is 4.65. The number of benzene rings is 1. The molecule has 2 rings (SSSR count). The highest BCUT2D eigenvalue weighted by Gasteiger charge is 2.28. The summed E-state index contributed by atoms with van der Waals surface area (Å²) in [5.74, 6) is 0. The average Bonchev–Trinajstić information content (AvgIpc) is 2.85. The fourth-order valence-corrected chi connectivity index (χ4v) is 2.72. The second-order valence-corrected chi connectivity index (χ2v) is 6.12. The van der Waals surface area contributed by atoms with Gasteiger partial charge in [0.1, 0.15) is 0 Å². The smallest absolute Gasteiger partial charge is 0.319 e. The standard InChI is InChI=1S/C16H24N2O2/c1-12(19)13-5-7-14(8-6-13)18-15(20)17-11-16(2)9-3-4-10-16/h5-8,12,19H,3-4,9-11H2,1-2H3,(H2,17,18,20). The first kappa shape index (κ1) is 14.9. The molecule has 1 saturated carbocycles. The molecular formula is C16H24N2O2.